The van der Waals surface area contributed by atoms with Gasteiger partial charge in [-0.1, -0.05) is 19.3 Å². The van der Waals surface area contributed by atoms with Crippen LogP contribution in [0.4, 0.5) is 11.6 Å². The fourth-order valence-electron chi connectivity index (χ4n) is 2.76. The number of nitrogen functional groups attached to an aromatic ring is 1. The van der Waals surface area contributed by atoms with Crippen LogP contribution in [0, 0.1) is 11.3 Å². The fraction of sp³-hybridized carbons (Fsp3) is 0.400. The largest absolute Gasteiger partial charge is 0.382 e. The summed E-state index contributed by atoms with van der Waals surface area (Å²) < 4.78 is 1.59. The quantitative estimate of drug-likeness (QED) is 0.902. The van der Waals surface area contributed by atoms with Crippen LogP contribution in [0.5, 0.6) is 0 Å². The zero-order valence-corrected chi connectivity index (χ0v) is 11.8. The molecule has 0 amide bonds. The number of nitrogens with zero attached hydrogens (tertiary/aromatic N) is 4. The van der Waals surface area contributed by atoms with Crippen molar-refractivity contribution in [3.8, 4) is 11.8 Å². The molecule has 0 unspecified atom stereocenters. The second kappa shape index (κ2) is 5.83. The Morgan fingerprint density at radius 2 is 1.95 bits per heavy atom. The second-order valence-corrected chi connectivity index (χ2v) is 5.32. The predicted octanol–water partition coefficient (Wildman–Crippen LogP) is 2.47. The molecule has 2 aromatic rings. The van der Waals surface area contributed by atoms with E-state index >= 15 is 0 Å². The first kappa shape index (κ1) is 13.4. The van der Waals surface area contributed by atoms with E-state index in [1.54, 1.807) is 17.1 Å². The summed E-state index contributed by atoms with van der Waals surface area (Å²) in [5, 5.41) is 17.2. The molecule has 1 fully saturated rings. The Kier molecular flexibility index (Phi) is 3.73. The van der Waals surface area contributed by atoms with E-state index in [4.69, 9.17) is 5.73 Å². The third-order valence-corrected chi connectivity index (χ3v) is 3.89. The van der Waals surface area contributed by atoms with Gasteiger partial charge in [-0.2, -0.15) is 5.26 Å². The van der Waals surface area contributed by atoms with E-state index in [1.807, 2.05) is 12.1 Å². The minimum atomic E-state index is 0.363. The molecule has 0 bridgehead atoms. The summed E-state index contributed by atoms with van der Waals surface area (Å²) in [5.41, 5.74) is 7.29. The lowest BCUT2D eigenvalue weighted by atomic mass is 9.95. The van der Waals surface area contributed by atoms with Gasteiger partial charge in [0.05, 0.1) is 5.69 Å². The molecule has 3 rings (SSSR count). The van der Waals surface area contributed by atoms with Crippen LogP contribution < -0.4 is 11.1 Å². The first-order chi connectivity index (χ1) is 10.3. The van der Waals surface area contributed by atoms with Crippen molar-refractivity contribution >= 4 is 11.6 Å². The predicted molar refractivity (Wildman–Crippen MR) is 81.0 cm³/mol. The van der Waals surface area contributed by atoms with Gasteiger partial charge < -0.3 is 11.1 Å². The first-order valence-electron chi connectivity index (χ1n) is 7.25. The summed E-state index contributed by atoms with van der Waals surface area (Å²) in [6.45, 7) is 0. The first-order valence-corrected chi connectivity index (χ1v) is 7.25. The number of rotatable bonds is 3. The summed E-state index contributed by atoms with van der Waals surface area (Å²) in [6, 6.07) is 6.17. The topological polar surface area (TPSA) is 92.5 Å². The minimum absolute atomic E-state index is 0.363. The summed E-state index contributed by atoms with van der Waals surface area (Å²) in [5.74, 6) is 0.945. The molecule has 6 nitrogen and oxygen atoms in total. The molecule has 0 atom stereocenters. The van der Waals surface area contributed by atoms with E-state index < -0.39 is 0 Å². The van der Waals surface area contributed by atoms with E-state index in [9.17, 15) is 5.26 Å². The van der Waals surface area contributed by atoms with Crippen LogP contribution in [0.25, 0.3) is 5.69 Å². The Morgan fingerprint density at radius 1 is 1.24 bits per heavy atom. The molecule has 6 heteroatoms. The van der Waals surface area contributed by atoms with Crippen molar-refractivity contribution in [3.05, 3.63) is 30.1 Å². The molecule has 1 aliphatic rings. The molecule has 0 aromatic carbocycles. The van der Waals surface area contributed by atoms with Crippen molar-refractivity contribution in [1.29, 1.82) is 5.26 Å². The molecule has 0 saturated heterocycles. The number of hydrogen-bond donors (Lipinski definition) is 2. The summed E-state index contributed by atoms with van der Waals surface area (Å²) in [7, 11) is 0. The molecule has 3 N–H and O–H groups in total. The third-order valence-electron chi connectivity index (χ3n) is 3.89. The Hall–Kier alpha value is -2.55. The van der Waals surface area contributed by atoms with Crippen LogP contribution in [-0.2, 0) is 0 Å². The maximum Gasteiger partial charge on any atom is 0.168 e. The molecule has 108 valence electrons. The highest BCUT2D eigenvalue weighted by molar-refractivity contribution is 5.66. The lowest BCUT2D eigenvalue weighted by Gasteiger charge is -2.22. The molecule has 1 aliphatic carbocycles. The van der Waals surface area contributed by atoms with Gasteiger partial charge >= 0.3 is 0 Å². The van der Waals surface area contributed by atoms with Gasteiger partial charge in [0.15, 0.2) is 5.82 Å². The molecule has 21 heavy (non-hydrogen) atoms. The third kappa shape index (κ3) is 2.68. The average Bonchev–Trinajstić information content (AvgIpc) is 2.85. The molecular formula is C15H18N6. The number of nitrogens with one attached hydrogen (secondary N) is 1. The Morgan fingerprint density at radius 3 is 2.62 bits per heavy atom. The number of nitrogens with two attached hydrogens (primary N) is 1. The number of aromatic nitrogens is 3. The van der Waals surface area contributed by atoms with Crippen molar-refractivity contribution < 1.29 is 0 Å². The van der Waals surface area contributed by atoms with Gasteiger partial charge in [-0.05, 0) is 25.0 Å². The highest BCUT2D eigenvalue weighted by Gasteiger charge is 2.20. The van der Waals surface area contributed by atoms with Crippen LogP contribution in [0.15, 0.2) is 24.5 Å². The van der Waals surface area contributed by atoms with E-state index in [-0.39, 0.29) is 0 Å². The standard InChI is InChI=1S/C15H18N6/c16-10-13-14(17)21(12-6-8-18-9-7-12)20-15(13)19-11-4-2-1-3-5-11/h6-9,11H,1-5,17H2,(H,19,20). The lowest BCUT2D eigenvalue weighted by molar-refractivity contribution is 0.461. The van der Waals surface area contributed by atoms with Crippen molar-refractivity contribution in [2.45, 2.75) is 38.1 Å². The van der Waals surface area contributed by atoms with Gasteiger partial charge in [0.2, 0.25) is 0 Å². The van der Waals surface area contributed by atoms with Crippen LogP contribution >= 0.6 is 0 Å². The SMILES string of the molecule is N#Cc1c(NC2CCCCC2)nn(-c2ccncc2)c1N. The van der Waals surface area contributed by atoms with Gasteiger partial charge in [-0.15, -0.1) is 5.10 Å². The van der Waals surface area contributed by atoms with E-state index in [0.29, 0.717) is 23.2 Å². The average molecular weight is 282 g/mol. The van der Waals surface area contributed by atoms with Crippen molar-refractivity contribution in [2.75, 3.05) is 11.1 Å². The number of hydrogen-bond acceptors (Lipinski definition) is 5. The van der Waals surface area contributed by atoms with E-state index in [0.717, 1.165) is 18.5 Å². The van der Waals surface area contributed by atoms with Crippen LogP contribution in [0.1, 0.15) is 37.7 Å². The van der Waals surface area contributed by atoms with E-state index in [1.165, 1.54) is 19.3 Å². The van der Waals surface area contributed by atoms with Gasteiger partial charge in [-0.25, -0.2) is 4.68 Å². The summed E-state index contributed by atoms with van der Waals surface area (Å²) in [4.78, 5) is 3.98. The second-order valence-electron chi connectivity index (χ2n) is 5.32. The molecule has 0 spiro atoms. The number of anilines is 2. The zero-order chi connectivity index (χ0) is 14.7. The van der Waals surface area contributed by atoms with Crippen LogP contribution in [0.2, 0.25) is 0 Å². The Labute approximate surface area is 123 Å². The maximum atomic E-state index is 9.35. The molecule has 2 aromatic heterocycles. The highest BCUT2D eigenvalue weighted by Crippen LogP contribution is 2.27. The zero-order valence-electron chi connectivity index (χ0n) is 11.8. The number of pyridine rings is 1. The fourth-order valence-corrected chi connectivity index (χ4v) is 2.76. The normalized spacial score (nSPS) is 15.6. The summed E-state index contributed by atoms with van der Waals surface area (Å²) in [6.07, 6.45) is 9.32. The minimum Gasteiger partial charge on any atom is -0.382 e. The molecule has 0 aliphatic heterocycles. The number of nitriles is 1. The Balaban J connectivity index is 1.92. The molecule has 1 saturated carbocycles. The van der Waals surface area contributed by atoms with Crippen LogP contribution in [0.3, 0.4) is 0 Å². The molecule has 2 heterocycles. The monoisotopic (exact) mass is 282 g/mol. The van der Waals surface area contributed by atoms with Gasteiger partial charge in [0.25, 0.3) is 0 Å². The molecule has 0 radical (unpaired) electrons. The smallest absolute Gasteiger partial charge is 0.168 e. The van der Waals surface area contributed by atoms with E-state index in [2.05, 4.69) is 21.5 Å². The van der Waals surface area contributed by atoms with Gasteiger partial charge in [0, 0.05) is 18.4 Å². The highest BCUT2D eigenvalue weighted by atomic mass is 15.4. The van der Waals surface area contributed by atoms with Crippen LogP contribution in [-0.4, -0.2) is 20.8 Å². The van der Waals surface area contributed by atoms with Gasteiger partial charge in [-0.3, -0.25) is 4.98 Å². The molecular weight excluding hydrogens is 264 g/mol. The van der Waals surface area contributed by atoms with Gasteiger partial charge in [0.1, 0.15) is 17.5 Å². The van der Waals surface area contributed by atoms with Crippen molar-refractivity contribution in [1.82, 2.24) is 14.8 Å². The Bertz CT molecular complexity index is 649. The van der Waals surface area contributed by atoms with Crippen molar-refractivity contribution in [3.63, 3.8) is 0 Å². The summed E-state index contributed by atoms with van der Waals surface area (Å²) >= 11 is 0. The van der Waals surface area contributed by atoms with Crippen molar-refractivity contribution in [2.24, 2.45) is 0 Å². The lowest BCUT2D eigenvalue weighted by Crippen LogP contribution is -2.23. The maximum absolute atomic E-state index is 9.35.